The summed E-state index contributed by atoms with van der Waals surface area (Å²) >= 11 is 0. The van der Waals surface area contributed by atoms with E-state index in [0.29, 0.717) is 5.56 Å². The highest BCUT2D eigenvalue weighted by Gasteiger charge is 2.16. The van der Waals surface area contributed by atoms with Gasteiger partial charge in [0.05, 0.1) is 11.0 Å². The van der Waals surface area contributed by atoms with Crippen molar-refractivity contribution in [1.82, 2.24) is 20.0 Å². The van der Waals surface area contributed by atoms with Crippen LogP contribution in [0.3, 0.4) is 0 Å². The van der Waals surface area contributed by atoms with Crippen LogP contribution in [0.25, 0.3) is 22.2 Å². The quantitative estimate of drug-likeness (QED) is 0.411. The first kappa shape index (κ1) is 18.6. The smallest absolute Gasteiger partial charge is 0.274 e. The van der Waals surface area contributed by atoms with Crippen LogP contribution in [-0.4, -0.2) is 32.7 Å². The van der Waals surface area contributed by atoms with Gasteiger partial charge in [-0.25, -0.2) is 10.5 Å². The lowest BCUT2D eigenvalue weighted by Crippen LogP contribution is -2.20. The van der Waals surface area contributed by atoms with Crippen molar-refractivity contribution in [1.29, 1.82) is 0 Å². The Balaban J connectivity index is 1.79. The molecule has 0 aliphatic heterocycles. The summed E-state index contributed by atoms with van der Waals surface area (Å²) in [5, 5.41) is 8.89. The van der Waals surface area contributed by atoms with Crippen molar-refractivity contribution in [2.75, 3.05) is 11.9 Å². The lowest BCUT2D eigenvalue weighted by atomic mass is 10.0. The molecule has 2 aromatic carbocycles. The summed E-state index contributed by atoms with van der Waals surface area (Å²) < 4.78 is 2.02. The lowest BCUT2D eigenvalue weighted by Gasteiger charge is -2.19. The number of anilines is 2. The first-order valence-electron chi connectivity index (χ1n) is 9.15. The number of carbonyl (C=O) groups is 1. The third-order valence-corrected chi connectivity index (χ3v) is 5.07. The molecule has 0 saturated heterocycles. The summed E-state index contributed by atoms with van der Waals surface area (Å²) in [5.41, 5.74) is 8.01. The second-order valence-corrected chi connectivity index (χ2v) is 6.92. The van der Waals surface area contributed by atoms with Gasteiger partial charge in [-0.15, -0.1) is 0 Å². The van der Waals surface area contributed by atoms with E-state index >= 15 is 0 Å². The highest BCUT2D eigenvalue weighted by Crippen LogP contribution is 2.31. The molecule has 2 N–H and O–H groups in total. The number of benzene rings is 2. The highest BCUT2D eigenvalue weighted by atomic mass is 16.5. The summed E-state index contributed by atoms with van der Waals surface area (Å²) in [4.78, 5) is 22.7. The second kappa shape index (κ2) is 7.37. The number of carbonyl (C=O) groups excluding carboxylic acids is 1. The summed E-state index contributed by atoms with van der Waals surface area (Å²) in [6.45, 7) is 2.07. The van der Waals surface area contributed by atoms with Crippen molar-refractivity contribution in [3.63, 3.8) is 0 Å². The topological polar surface area (TPSA) is 83.3 Å². The molecule has 0 atom stereocenters. The van der Waals surface area contributed by atoms with E-state index in [9.17, 15) is 4.79 Å². The van der Waals surface area contributed by atoms with Gasteiger partial charge in [-0.2, -0.15) is 0 Å². The van der Waals surface area contributed by atoms with Crippen molar-refractivity contribution < 1.29 is 10.0 Å². The van der Waals surface area contributed by atoms with Crippen LogP contribution < -0.4 is 10.4 Å². The highest BCUT2D eigenvalue weighted by molar-refractivity contribution is 5.94. The molecule has 0 unspecified atom stereocenters. The predicted octanol–water partition coefficient (Wildman–Crippen LogP) is 3.83. The molecule has 29 heavy (non-hydrogen) atoms. The van der Waals surface area contributed by atoms with Crippen molar-refractivity contribution in [2.24, 2.45) is 7.05 Å². The van der Waals surface area contributed by atoms with E-state index in [0.717, 1.165) is 39.4 Å². The summed E-state index contributed by atoms with van der Waals surface area (Å²) in [7, 11) is 3.86. The van der Waals surface area contributed by atoms with E-state index in [4.69, 9.17) is 10.2 Å². The number of nitrogens with one attached hydrogen (secondary N) is 1. The third kappa shape index (κ3) is 3.32. The van der Waals surface area contributed by atoms with Gasteiger partial charge < -0.3 is 9.47 Å². The average molecular weight is 387 g/mol. The van der Waals surface area contributed by atoms with Crippen LogP contribution in [0.4, 0.5) is 11.6 Å². The van der Waals surface area contributed by atoms with E-state index in [2.05, 4.69) is 24.0 Å². The minimum atomic E-state index is -0.554. The monoisotopic (exact) mass is 387 g/mol. The predicted molar refractivity (Wildman–Crippen MR) is 112 cm³/mol. The third-order valence-electron chi connectivity index (χ3n) is 5.07. The van der Waals surface area contributed by atoms with Crippen LogP contribution in [-0.2, 0) is 7.05 Å². The van der Waals surface area contributed by atoms with Gasteiger partial charge in [0.2, 0.25) is 5.95 Å². The molecule has 4 aromatic rings. The Kier molecular flexibility index (Phi) is 4.74. The number of imidazole rings is 1. The van der Waals surface area contributed by atoms with Gasteiger partial charge in [-0.3, -0.25) is 15.0 Å². The largest absolute Gasteiger partial charge is 0.315 e. The molecule has 0 bridgehead atoms. The van der Waals surface area contributed by atoms with E-state index in [1.54, 1.807) is 29.9 Å². The fourth-order valence-corrected chi connectivity index (χ4v) is 3.50. The number of hydrogen-bond donors (Lipinski definition) is 2. The van der Waals surface area contributed by atoms with Crippen LogP contribution in [0.1, 0.15) is 15.9 Å². The zero-order valence-electron chi connectivity index (χ0n) is 16.4. The number of amides is 1. The van der Waals surface area contributed by atoms with Crippen molar-refractivity contribution in [3.8, 4) is 11.1 Å². The van der Waals surface area contributed by atoms with Crippen LogP contribution >= 0.6 is 0 Å². The van der Waals surface area contributed by atoms with Gasteiger partial charge in [-0.05, 0) is 54.4 Å². The first-order chi connectivity index (χ1) is 14.0. The number of nitrogens with zero attached hydrogens (tertiary/aromatic N) is 4. The molecule has 7 heteroatoms. The molecule has 2 heterocycles. The number of hydroxylamine groups is 1. The minimum absolute atomic E-state index is 0.366. The van der Waals surface area contributed by atoms with Gasteiger partial charge in [0.1, 0.15) is 0 Å². The number of rotatable bonds is 4. The molecule has 0 radical (unpaired) electrons. The Labute approximate surface area is 168 Å². The van der Waals surface area contributed by atoms with Gasteiger partial charge >= 0.3 is 0 Å². The maximum absolute atomic E-state index is 11.7. The molecule has 0 aliphatic carbocycles. The fourth-order valence-electron chi connectivity index (χ4n) is 3.50. The zero-order valence-corrected chi connectivity index (χ0v) is 16.4. The summed E-state index contributed by atoms with van der Waals surface area (Å²) in [6.07, 6.45) is 3.62. The summed E-state index contributed by atoms with van der Waals surface area (Å²) in [6, 6.07) is 15.2. The molecule has 0 aliphatic rings. The fraction of sp³-hybridized carbons (Fsp3) is 0.136. The van der Waals surface area contributed by atoms with Crippen molar-refractivity contribution in [3.05, 3.63) is 72.1 Å². The lowest BCUT2D eigenvalue weighted by molar-refractivity contribution is 0.0706. The van der Waals surface area contributed by atoms with E-state index in [1.165, 1.54) is 0 Å². The molecule has 146 valence electrons. The normalized spacial score (nSPS) is 10.9. The Hall–Kier alpha value is -3.71. The SMILES string of the molecule is Cc1cc2nc(N(C)c3cccc(C(=O)NO)c3)n(C)c2cc1-c1cccnc1. The molecule has 4 rings (SSSR count). The molecule has 7 nitrogen and oxygen atoms in total. The Morgan fingerprint density at radius 1 is 1.17 bits per heavy atom. The number of aromatic nitrogens is 3. The van der Waals surface area contributed by atoms with E-state index in [-0.39, 0.29) is 0 Å². The molecule has 0 fully saturated rings. The standard InChI is InChI=1S/C22H21N5O2/c1-14-10-19-20(12-18(14)16-7-5-9-23-13-16)27(3)22(24-19)26(2)17-8-4-6-15(11-17)21(28)25-29/h4-13,29H,1-3H3,(H,25,28). The maximum atomic E-state index is 11.7. The van der Waals surface area contributed by atoms with Gasteiger partial charge in [0.15, 0.2) is 0 Å². The number of fused-ring (bicyclic) bond motifs is 1. The molecule has 2 aromatic heterocycles. The van der Waals surface area contributed by atoms with Crippen molar-refractivity contribution in [2.45, 2.75) is 6.92 Å². The van der Waals surface area contributed by atoms with Crippen LogP contribution in [0.5, 0.6) is 0 Å². The second-order valence-electron chi connectivity index (χ2n) is 6.92. The molecular weight excluding hydrogens is 366 g/mol. The van der Waals surface area contributed by atoms with E-state index in [1.807, 2.05) is 48.0 Å². The number of pyridine rings is 1. The minimum Gasteiger partial charge on any atom is -0.315 e. The summed E-state index contributed by atoms with van der Waals surface area (Å²) in [5.74, 6) is 0.186. The van der Waals surface area contributed by atoms with Crippen molar-refractivity contribution >= 4 is 28.6 Å². The first-order valence-corrected chi connectivity index (χ1v) is 9.15. The number of aryl methyl sites for hydroxylation is 2. The molecular formula is C22H21N5O2. The van der Waals surface area contributed by atoms with Gasteiger partial charge in [0, 0.05) is 43.3 Å². The van der Waals surface area contributed by atoms with Crippen LogP contribution in [0.2, 0.25) is 0 Å². The maximum Gasteiger partial charge on any atom is 0.274 e. The van der Waals surface area contributed by atoms with Gasteiger partial charge in [-0.1, -0.05) is 12.1 Å². The number of hydrogen-bond acceptors (Lipinski definition) is 5. The van der Waals surface area contributed by atoms with Crippen LogP contribution in [0.15, 0.2) is 60.9 Å². The van der Waals surface area contributed by atoms with Crippen LogP contribution in [0, 0.1) is 6.92 Å². The molecule has 1 amide bonds. The Morgan fingerprint density at radius 3 is 2.72 bits per heavy atom. The molecule has 0 saturated carbocycles. The Bertz CT molecular complexity index is 1200. The zero-order chi connectivity index (χ0) is 20.5. The average Bonchev–Trinajstić information content (AvgIpc) is 3.08. The van der Waals surface area contributed by atoms with Gasteiger partial charge in [0.25, 0.3) is 5.91 Å². The Morgan fingerprint density at radius 2 is 2.00 bits per heavy atom. The molecule has 0 spiro atoms. The van der Waals surface area contributed by atoms with E-state index < -0.39 is 5.91 Å².